The van der Waals surface area contributed by atoms with Gasteiger partial charge < -0.3 is 20.5 Å². The number of carbonyl (C=O) groups excluding carboxylic acids is 1. The number of halogens is 1. The molecule has 1 amide bonds. The molecule has 1 aromatic rings. The molecule has 1 unspecified atom stereocenters. The Bertz CT molecular complexity index is 630. The zero-order valence-corrected chi connectivity index (χ0v) is 16.6. The Morgan fingerprint density at radius 2 is 2.08 bits per heavy atom. The molecule has 1 fully saturated rings. The van der Waals surface area contributed by atoms with Gasteiger partial charge in [0.1, 0.15) is 17.6 Å². The van der Waals surface area contributed by atoms with E-state index in [0.717, 1.165) is 36.3 Å². The van der Waals surface area contributed by atoms with Crippen LogP contribution < -0.4 is 20.5 Å². The average Bonchev–Trinajstić information content (AvgIpc) is 2.95. The number of benzene rings is 1. The molecule has 0 spiro atoms. The van der Waals surface area contributed by atoms with E-state index in [0.29, 0.717) is 25.3 Å². The molecule has 2 aliphatic rings. The molecule has 5 nitrogen and oxygen atoms in total. The topological polar surface area (TPSA) is 73.6 Å². The van der Waals surface area contributed by atoms with Crippen molar-refractivity contribution >= 4 is 24.0 Å². The summed E-state index contributed by atoms with van der Waals surface area (Å²) < 4.78 is 11.6. The summed E-state index contributed by atoms with van der Waals surface area (Å²) in [5.74, 6) is 1.58. The van der Waals surface area contributed by atoms with Crippen molar-refractivity contribution in [3.05, 3.63) is 17.7 Å². The number of fused-ring (bicyclic) bond motifs is 1. The van der Waals surface area contributed by atoms with E-state index in [1.165, 1.54) is 19.3 Å². The van der Waals surface area contributed by atoms with Crippen LogP contribution in [-0.2, 0) is 11.2 Å². The fourth-order valence-corrected chi connectivity index (χ4v) is 4.10. The van der Waals surface area contributed by atoms with Crippen LogP contribution in [0.5, 0.6) is 11.5 Å². The van der Waals surface area contributed by atoms with E-state index in [1.54, 1.807) is 0 Å². The van der Waals surface area contributed by atoms with Crippen molar-refractivity contribution in [1.82, 2.24) is 0 Å². The van der Waals surface area contributed by atoms with Gasteiger partial charge >= 0.3 is 0 Å². The predicted molar refractivity (Wildman–Crippen MR) is 106 cm³/mol. The highest BCUT2D eigenvalue weighted by Gasteiger charge is 2.33. The smallest absolute Gasteiger partial charge is 0.225 e. The Morgan fingerprint density at radius 3 is 2.73 bits per heavy atom. The van der Waals surface area contributed by atoms with E-state index < -0.39 is 0 Å². The Kier molecular flexibility index (Phi) is 7.18. The largest absolute Gasteiger partial charge is 0.492 e. The van der Waals surface area contributed by atoms with E-state index in [4.69, 9.17) is 15.2 Å². The van der Waals surface area contributed by atoms with Crippen molar-refractivity contribution in [1.29, 1.82) is 0 Å². The number of hydrogen-bond acceptors (Lipinski definition) is 4. The third-order valence-corrected chi connectivity index (χ3v) is 5.45. The molecule has 3 rings (SSSR count). The molecule has 1 heterocycles. The molecule has 0 saturated heterocycles. The van der Waals surface area contributed by atoms with E-state index in [1.807, 2.05) is 26.0 Å². The third-order valence-electron chi connectivity index (χ3n) is 5.45. The van der Waals surface area contributed by atoms with Crippen LogP contribution in [0.15, 0.2) is 12.1 Å². The first-order chi connectivity index (χ1) is 12.0. The zero-order chi connectivity index (χ0) is 17.9. The number of ether oxygens (including phenoxy) is 2. The van der Waals surface area contributed by atoms with Gasteiger partial charge in [0.25, 0.3) is 0 Å². The summed E-state index contributed by atoms with van der Waals surface area (Å²) in [4.78, 5) is 12.7. The lowest BCUT2D eigenvalue weighted by molar-refractivity contribution is -0.118. The number of hydrogen-bond donors (Lipinski definition) is 2. The van der Waals surface area contributed by atoms with Crippen molar-refractivity contribution < 1.29 is 14.3 Å². The van der Waals surface area contributed by atoms with Gasteiger partial charge in [0.15, 0.2) is 0 Å². The Morgan fingerprint density at radius 1 is 1.35 bits per heavy atom. The zero-order valence-electron chi connectivity index (χ0n) is 15.8. The molecule has 1 aliphatic heterocycles. The maximum Gasteiger partial charge on any atom is 0.225 e. The standard InChI is InChI=1S/C20H30N2O3.ClH/c1-3-24-18-10-15-9-14(2)25-17(15)11-16(18)22-19(23)12-20(13-21)7-5-4-6-8-20;/h10-11,14H,3-9,12-13,21H2,1-2H3,(H,22,23);1H. The Hall–Kier alpha value is -1.46. The fraction of sp³-hybridized carbons (Fsp3) is 0.650. The average molecular weight is 383 g/mol. The fourth-order valence-electron chi connectivity index (χ4n) is 4.10. The molecular weight excluding hydrogens is 352 g/mol. The SMILES string of the molecule is CCOc1cc2c(cc1NC(=O)CC1(CN)CCCCC1)OC(C)C2.Cl. The van der Waals surface area contributed by atoms with E-state index in [2.05, 4.69) is 5.32 Å². The summed E-state index contributed by atoms with van der Waals surface area (Å²) >= 11 is 0. The third kappa shape index (κ3) is 4.63. The molecule has 1 atom stereocenters. The molecule has 0 radical (unpaired) electrons. The first kappa shape index (κ1) is 20.8. The lowest BCUT2D eigenvalue weighted by atomic mass is 9.71. The summed E-state index contributed by atoms with van der Waals surface area (Å²) in [6.07, 6.45) is 7.18. The van der Waals surface area contributed by atoms with Gasteiger partial charge in [-0.3, -0.25) is 4.79 Å². The van der Waals surface area contributed by atoms with Gasteiger partial charge in [-0.1, -0.05) is 19.3 Å². The molecule has 1 saturated carbocycles. The summed E-state index contributed by atoms with van der Waals surface area (Å²) in [7, 11) is 0. The minimum Gasteiger partial charge on any atom is -0.492 e. The second-order valence-electron chi connectivity index (χ2n) is 7.51. The number of amides is 1. The lowest BCUT2D eigenvalue weighted by Crippen LogP contribution is -2.36. The molecular formula is C20H31ClN2O3. The number of nitrogens with two attached hydrogens (primary N) is 1. The van der Waals surface area contributed by atoms with Crippen LogP contribution in [0, 0.1) is 5.41 Å². The minimum absolute atomic E-state index is 0. The van der Waals surface area contributed by atoms with Gasteiger partial charge in [-0.2, -0.15) is 0 Å². The minimum atomic E-state index is -0.0458. The molecule has 26 heavy (non-hydrogen) atoms. The van der Waals surface area contributed by atoms with Gasteiger partial charge in [0.05, 0.1) is 12.3 Å². The molecule has 3 N–H and O–H groups in total. The summed E-state index contributed by atoms with van der Waals surface area (Å²) in [5.41, 5.74) is 7.81. The van der Waals surface area contributed by atoms with E-state index in [-0.39, 0.29) is 29.8 Å². The van der Waals surface area contributed by atoms with E-state index >= 15 is 0 Å². The Labute approximate surface area is 162 Å². The van der Waals surface area contributed by atoms with Crippen LogP contribution in [0.2, 0.25) is 0 Å². The molecule has 1 aromatic carbocycles. The second kappa shape index (κ2) is 8.96. The Balaban J connectivity index is 0.00000243. The molecule has 6 heteroatoms. The normalized spacial score (nSPS) is 20.5. The highest BCUT2D eigenvalue weighted by Crippen LogP contribution is 2.40. The first-order valence-corrected chi connectivity index (χ1v) is 9.51. The quantitative estimate of drug-likeness (QED) is 0.777. The van der Waals surface area contributed by atoms with Crippen LogP contribution in [-0.4, -0.2) is 25.2 Å². The molecule has 0 bridgehead atoms. The van der Waals surface area contributed by atoms with Crippen LogP contribution in [0.4, 0.5) is 5.69 Å². The molecule has 146 valence electrons. The van der Waals surface area contributed by atoms with Gasteiger partial charge in [0, 0.05) is 24.5 Å². The second-order valence-corrected chi connectivity index (χ2v) is 7.51. The van der Waals surface area contributed by atoms with Crippen molar-refractivity contribution in [2.24, 2.45) is 11.1 Å². The lowest BCUT2D eigenvalue weighted by Gasteiger charge is -2.35. The highest BCUT2D eigenvalue weighted by atomic mass is 35.5. The van der Waals surface area contributed by atoms with Gasteiger partial charge in [-0.15, -0.1) is 12.4 Å². The van der Waals surface area contributed by atoms with Crippen LogP contribution in [0.3, 0.4) is 0 Å². The van der Waals surface area contributed by atoms with E-state index in [9.17, 15) is 4.79 Å². The highest BCUT2D eigenvalue weighted by molar-refractivity contribution is 5.93. The van der Waals surface area contributed by atoms with Gasteiger partial charge in [-0.05, 0) is 44.7 Å². The van der Waals surface area contributed by atoms with Crippen molar-refractivity contribution in [2.75, 3.05) is 18.5 Å². The van der Waals surface area contributed by atoms with Crippen molar-refractivity contribution in [3.63, 3.8) is 0 Å². The van der Waals surface area contributed by atoms with Crippen LogP contribution in [0.25, 0.3) is 0 Å². The number of carbonyl (C=O) groups is 1. The maximum absolute atomic E-state index is 12.7. The first-order valence-electron chi connectivity index (χ1n) is 9.51. The maximum atomic E-state index is 12.7. The number of rotatable bonds is 6. The molecule has 1 aliphatic carbocycles. The van der Waals surface area contributed by atoms with Gasteiger partial charge in [-0.25, -0.2) is 0 Å². The summed E-state index contributed by atoms with van der Waals surface area (Å²) in [6, 6.07) is 3.90. The van der Waals surface area contributed by atoms with Crippen LogP contribution >= 0.6 is 12.4 Å². The van der Waals surface area contributed by atoms with Gasteiger partial charge in [0.2, 0.25) is 5.91 Å². The monoisotopic (exact) mass is 382 g/mol. The number of nitrogens with one attached hydrogen (secondary N) is 1. The molecule has 0 aromatic heterocycles. The number of anilines is 1. The summed E-state index contributed by atoms with van der Waals surface area (Å²) in [5, 5.41) is 3.05. The summed E-state index contributed by atoms with van der Waals surface area (Å²) in [6.45, 7) is 5.13. The van der Waals surface area contributed by atoms with Crippen molar-refractivity contribution in [3.8, 4) is 11.5 Å². The van der Waals surface area contributed by atoms with Crippen molar-refractivity contribution in [2.45, 2.75) is 64.9 Å². The van der Waals surface area contributed by atoms with Crippen LogP contribution in [0.1, 0.15) is 57.9 Å². The predicted octanol–water partition coefficient (Wildman–Crippen LogP) is 4.07.